The molecule has 0 unspecified atom stereocenters. The summed E-state index contributed by atoms with van der Waals surface area (Å²) in [5.74, 6) is 0.592. The number of carbonyl (C=O) groups excluding carboxylic acids is 1. The number of para-hydroxylation sites is 1. The molecule has 0 saturated heterocycles. The standard InChI is InChI=1S/C14H12O2.CH4/c1-16-13-10-6-5-9-12(13)14(15)11-7-3-2-4-8-11;/h2-10H,1H3;1H4. The van der Waals surface area contributed by atoms with Gasteiger partial charge >= 0.3 is 0 Å². The lowest BCUT2D eigenvalue weighted by atomic mass is 10.0. The zero-order valence-electron chi connectivity index (χ0n) is 9.01. The Balaban J connectivity index is 0.00000144. The molecule has 2 aromatic carbocycles. The Kier molecular flexibility index (Phi) is 4.46. The third kappa shape index (κ3) is 2.72. The van der Waals surface area contributed by atoms with Crippen molar-refractivity contribution in [2.24, 2.45) is 0 Å². The van der Waals surface area contributed by atoms with Crippen molar-refractivity contribution in [3.8, 4) is 5.75 Å². The van der Waals surface area contributed by atoms with E-state index in [0.717, 1.165) is 0 Å². The highest BCUT2D eigenvalue weighted by Gasteiger charge is 2.12. The Morgan fingerprint density at radius 2 is 1.53 bits per heavy atom. The molecule has 2 nitrogen and oxygen atoms in total. The van der Waals surface area contributed by atoms with Gasteiger partial charge in [-0.3, -0.25) is 4.79 Å². The van der Waals surface area contributed by atoms with Crippen LogP contribution in [-0.4, -0.2) is 12.9 Å². The van der Waals surface area contributed by atoms with E-state index < -0.39 is 0 Å². The summed E-state index contributed by atoms with van der Waals surface area (Å²) in [6.45, 7) is 0. The molecule has 88 valence electrons. The highest BCUT2D eigenvalue weighted by Crippen LogP contribution is 2.20. The van der Waals surface area contributed by atoms with Gasteiger partial charge in [-0.1, -0.05) is 49.9 Å². The Labute approximate surface area is 102 Å². The minimum Gasteiger partial charge on any atom is -0.496 e. The van der Waals surface area contributed by atoms with Gasteiger partial charge in [-0.15, -0.1) is 0 Å². The molecule has 0 aliphatic heterocycles. The summed E-state index contributed by atoms with van der Waals surface area (Å²) in [5.41, 5.74) is 1.27. The van der Waals surface area contributed by atoms with Gasteiger partial charge in [0.05, 0.1) is 12.7 Å². The monoisotopic (exact) mass is 228 g/mol. The smallest absolute Gasteiger partial charge is 0.196 e. The van der Waals surface area contributed by atoms with E-state index >= 15 is 0 Å². The number of ketones is 1. The highest BCUT2D eigenvalue weighted by atomic mass is 16.5. The van der Waals surface area contributed by atoms with Crippen LogP contribution in [0.3, 0.4) is 0 Å². The molecule has 0 amide bonds. The van der Waals surface area contributed by atoms with Crippen LogP contribution in [0.5, 0.6) is 5.75 Å². The zero-order valence-corrected chi connectivity index (χ0v) is 9.01. The molecule has 0 atom stereocenters. The maximum atomic E-state index is 12.1. The van der Waals surface area contributed by atoms with Crippen LogP contribution >= 0.6 is 0 Å². The molecule has 0 aromatic heterocycles. The van der Waals surface area contributed by atoms with Gasteiger partial charge in [-0.05, 0) is 12.1 Å². The molecule has 17 heavy (non-hydrogen) atoms. The van der Waals surface area contributed by atoms with E-state index in [0.29, 0.717) is 16.9 Å². The van der Waals surface area contributed by atoms with Crippen LogP contribution in [0, 0.1) is 0 Å². The van der Waals surface area contributed by atoms with E-state index in [4.69, 9.17) is 4.74 Å². The van der Waals surface area contributed by atoms with Crippen LogP contribution < -0.4 is 4.74 Å². The molecular formula is C15H16O2. The van der Waals surface area contributed by atoms with Gasteiger partial charge in [0.1, 0.15) is 5.75 Å². The van der Waals surface area contributed by atoms with Crippen LogP contribution in [0.1, 0.15) is 23.3 Å². The van der Waals surface area contributed by atoms with E-state index in [1.165, 1.54) is 0 Å². The molecule has 2 aromatic rings. The number of rotatable bonds is 3. The highest BCUT2D eigenvalue weighted by molar-refractivity contribution is 6.10. The second-order valence-corrected chi connectivity index (χ2v) is 3.40. The summed E-state index contributed by atoms with van der Waals surface area (Å²) in [4.78, 5) is 12.1. The van der Waals surface area contributed by atoms with Gasteiger partial charge in [0.2, 0.25) is 0 Å². The molecule has 0 aliphatic carbocycles. The third-order valence-corrected chi connectivity index (χ3v) is 2.39. The number of methoxy groups -OCH3 is 1. The second-order valence-electron chi connectivity index (χ2n) is 3.40. The molecule has 0 aliphatic rings. The quantitative estimate of drug-likeness (QED) is 0.751. The van der Waals surface area contributed by atoms with Crippen LogP contribution in [0.2, 0.25) is 0 Å². The lowest BCUT2D eigenvalue weighted by Crippen LogP contribution is -2.03. The Morgan fingerprint density at radius 3 is 2.18 bits per heavy atom. The lowest BCUT2D eigenvalue weighted by Gasteiger charge is -2.06. The summed E-state index contributed by atoms with van der Waals surface area (Å²) < 4.78 is 5.17. The van der Waals surface area contributed by atoms with Crippen LogP contribution in [-0.2, 0) is 0 Å². The predicted molar refractivity (Wildman–Crippen MR) is 69.6 cm³/mol. The Morgan fingerprint density at radius 1 is 0.941 bits per heavy atom. The van der Waals surface area contributed by atoms with Crippen molar-refractivity contribution in [2.45, 2.75) is 7.43 Å². The predicted octanol–water partition coefficient (Wildman–Crippen LogP) is 3.56. The average Bonchev–Trinajstić information content (AvgIpc) is 2.39. The van der Waals surface area contributed by atoms with E-state index in [-0.39, 0.29) is 13.2 Å². The second kappa shape index (κ2) is 5.85. The molecule has 0 fully saturated rings. The number of hydrogen-bond acceptors (Lipinski definition) is 2. The fourth-order valence-corrected chi connectivity index (χ4v) is 1.58. The minimum absolute atomic E-state index is 0. The first-order valence-corrected chi connectivity index (χ1v) is 5.05. The molecule has 2 rings (SSSR count). The van der Waals surface area contributed by atoms with Gasteiger partial charge < -0.3 is 4.74 Å². The van der Waals surface area contributed by atoms with Crippen molar-refractivity contribution < 1.29 is 9.53 Å². The molecule has 0 bridgehead atoms. The summed E-state index contributed by atoms with van der Waals surface area (Å²) in [7, 11) is 1.57. The first-order chi connectivity index (χ1) is 7.83. The first-order valence-electron chi connectivity index (χ1n) is 5.05. The molecule has 0 spiro atoms. The van der Waals surface area contributed by atoms with Crippen molar-refractivity contribution in [3.63, 3.8) is 0 Å². The molecular weight excluding hydrogens is 212 g/mol. The summed E-state index contributed by atoms with van der Waals surface area (Å²) in [6, 6.07) is 16.4. The van der Waals surface area contributed by atoms with Crippen molar-refractivity contribution >= 4 is 5.78 Å². The summed E-state index contributed by atoms with van der Waals surface area (Å²) in [5, 5.41) is 0. The molecule has 0 radical (unpaired) electrons. The van der Waals surface area contributed by atoms with Gasteiger partial charge in [0.25, 0.3) is 0 Å². The normalized spacial score (nSPS) is 9.24. The number of hydrogen-bond donors (Lipinski definition) is 0. The fourth-order valence-electron chi connectivity index (χ4n) is 1.58. The average molecular weight is 228 g/mol. The van der Waals surface area contributed by atoms with Crippen LogP contribution in [0.25, 0.3) is 0 Å². The molecule has 0 heterocycles. The van der Waals surface area contributed by atoms with Crippen molar-refractivity contribution in [1.82, 2.24) is 0 Å². The topological polar surface area (TPSA) is 26.3 Å². The maximum Gasteiger partial charge on any atom is 0.196 e. The third-order valence-electron chi connectivity index (χ3n) is 2.39. The van der Waals surface area contributed by atoms with Crippen molar-refractivity contribution in [1.29, 1.82) is 0 Å². The van der Waals surface area contributed by atoms with Gasteiger partial charge in [0.15, 0.2) is 5.78 Å². The van der Waals surface area contributed by atoms with Gasteiger partial charge in [0, 0.05) is 5.56 Å². The van der Waals surface area contributed by atoms with E-state index in [9.17, 15) is 4.79 Å². The van der Waals surface area contributed by atoms with Crippen molar-refractivity contribution in [3.05, 3.63) is 65.7 Å². The van der Waals surface area contributed by atoms with E-state index in [1.54, 1.807) is 31.4 Å². The summed E-state index contributed by atoms with van der Waals surface area (Å²) in [6.07, 6.45) is 0. The largest absolute Gasteiger partial charge is 0.496 e. The summed E-state index contributed by atoms with van der Waals surface area (Å²) >= 11 is 0. The molecule has 0 saturated carbocycles. The number of ether oxygens (including phenoxy) is 1. The Bertz CT molecular complexity index is 489. The Hall–Kier alpha value is -2.09. The minimum atomic E-state index is -0.0157. The number of carbonyl (C=O) groups is 1. The molecule has 2 heteroatoms. The zero-order chi connectivity index (χ0) is 11.4. The van der Waals surface area contributed by atoms with Gasteiger partial charge in [-0.25, -0.2) is 0 Å². The molecule has 0 N–H and O–H groups in total. The maximum absolute atomic E-state index is 12.1. The van der Waals surface area contributed by atoms with E-state index in [2.05, 4.69) is 0 Å². The van der Waals surface area contributed by atoms with Crippen molar-refractivity contribution in [2.75, 3.05) is 7.11 Å². The first kappa shape index (κ1) is 13.0. The van der Waals surface area contributed by atoms with Crippen LogP contribution in [0.15, 0.2) is 54.6 Å². The fraction of sp³-hybridized carbons (Fsp3) is 0.133. The SMILES string of the molecule is C.COc1ccccc1C(=O)c1ccccc1. The van der Waals surface area contributed by atoms with Crippen LogP contribution in [0.4, 0.5) is 0 Å². The van der Waals surface area contributed by atoms with Gasteiger partial charge in [-0.2, -0.15) is 0 Å². The number of benzene rings is 2. The van der Waals surface area contributed by atoms with E-state index in [1.807, 2.05) is 30.3 Å². The lowest BCUT2D eigenvalue weighted by molar-refractivity contribution is 0.103.